The van der Waals surface area contributed by atoms with Gasteiger partial charge in [0.15, 0.2) is 0 Å². The minimum Gasteiger partial charge on any atom is -0.372 e. The maximum Gasteiger partial charge on any atom is 0.107 e. The number of nitrogens with zero attached hydrogens (tertiary/aromatic N) is 1. The van der Waals surface area contributed by atoms with Gasteiger partial charge in [-0.15, -0.1) is 11.3 Å². The van der Waals surface area contributed by atoms with Gasteiger partial charge < -0.3 is 10.1 Å². The largest absolute Gasteiger partial charge is 0.372 e. The Hall–Kier alpha value is -0.450. The molecule has 1 heterocycles. The second-order valence-electron chi connectivity index (χ2n) is 4.30. The summed E-state index contributed by atoms with van der Waals surface area (Å²) >= 11 is 1.70. The van der Waals surface area contributed by atoms with Crippen molar-refractivity contribution in [2.24, 2.45) is 0 Å². The summed E-state index contributed by atoms with van der Waals surface area (Å²) in [5, 5.41) is 6.58. The first-order chi connectivity index (χ1) is 7.61. The molecule has 0 bridgehead atoms. The second-order valence-corrected chi connectivity index (χ2v) is 5.24. The van der Waals surface area contributed by atoms with Crippen molar-refractivity contribution in [2.45, 2.75) is 59.4 Å². The number of nitrogens with one attached hydrogen (secondary N) is 1. The van der Waals surface area contributed by atoms with Gasteiger partial charge in [-0.3, -0.25) is 0 Å². The van der Waals surface area contributed by atoms with Crippen LogP contribution < -0.4 is 5.32 Å². The Labute approximate surface area is 102 Å². The van der Waals surface area contributed by atoms with Crippen molar-refractivity contribution in [1.82, 2.24) is 10.3 Å². The molecule has 3 nitrogen and oxygen atoms in total. The fourth-order valence-electron chi connectivity index (χ4n) is 1.13. The molecule has 0 aliphatic carbocycles. The minimum atomic E-state index is 0.318. The summed E-state index contributed by atoms with van der Waals surface area (Å²) in [5.41, 5.74) is 1.05. The van der Waals surface area contributed by atoms with Crippen molar-refractivity contribution < 1.29 is 4.74 Å². The highest BCUT2D eigenvalue weighted by Gasteiger charge is 2.04. The molecule has 4 heteroatoms. The molecular weight excluding hydrogens is 220 g/mol. The van der Waals surface area contributed by atoms with Crippen LogP contribution in [0, 0.1) is 0 Å². The normalized spacial score (nSPS) is 13.3. The van der Waals surface area contributed by atoms with Crippen LogP contribution in [0.15, 0.2) is 5.38 Å². The van der Waals surface area contributed by atoms with E-state index in [1.807, 2.05) is 0 Å². The minimum absolute atomic E-state index is 0.318. The van der Waals surface area contributed by atoms with E-state index in [-0.39, 0.29) is 0 Å². The molecule has 1 aromatic heterocycles. The summed E-state index contributed by atoms with van der Waals surface area (Å²) in [6, 6.07) is 0.503. The zero-order valence-electron chi connectivity index (χ0n) is 10.6. The van der Waals surface area contributed by atoms with Gasteiger partial charge in [-0.1, -0.05) is 20.8 Å². The molecule has 0 saturated carbocycles. The number of thiazole rings is 1. The molecule has 92 valence electrons. The maximum atomic E-state index is 5.64. The van der Waals surface area contributed by atoms with Crippen molar-refractivity contribution in [2.75, 3.05) is 0 Å². The number of aromatic nitrogens is 1. The third kappa shape index (κ3) is 5.05. The Bertz CT molecular complexity index is 299. The fourth-order valence-corrected chi connectivity index (χ4v) is 1.86. The van der Waals surface area contributed by atoms with Gasteiger partial charge in [0.25, 0.3) is 0 Å². The summed E-state index contributed by atoms with van der Waals surface area (Å²) in [4.78, 5) is 4.52. The number of hydrogen-bond acceptors (Lipinski definition) is 4. The molecule has 1 unspecified atom stereocenters. The molecule has 0 radical (unpaired) electrons. The molecule has 0 saturated heterocycles. The predicted molar refractivity (Wildman–Crippen MR) is 68.6 cm³/mol. The first-order valence-corrected chi connectivity index (χ1v) is 6.78. The van der Waals surface area contributed by atoms with E-state index in [9.17, 15) is 0 Å². The van der Waals surface area contributed by atoms with E-state index in [1.165, 1.54) is 0 Å². The molecule has 0 aliphatic rings. The van der Waals surface area contributed by atoms with Crippen molar-refractivity contribution >= 4 is 11.3 Å². The van der Waals surface area contributed by atoms with E-state index in [0.29, 0.717) is 18.8 Å². The molecule has 0 spiro atoms. The molecule has 0 amide bonds. The lowest BCUT2D eigenvalue weighted by Crippen LogP contribution is -2.21. The average Bonchev–Trinajstić information content (AvgIpc) is 2.71. The standard InChI is InChI=1S/C12H22N2OS/c1-5-10(4)15-7-11-8-16-12(14-11)6-13-9(2)3/h8-10,13H,5-7H2,1-4H3. The topological polar surface area (TPSA) is 34.1 Å². The van der Waals surface area contributed by atoms with E-state index in [4.69, 9.17) is 4.74 Å². The summed E-state index contributed by atoms with van der Waals surface area (Å²) in [5.74, 6) is 0. The van der Waals surface area contributed by atoms with Crippen LogP contribution in [0.1, 0.15) is 44.8 Å². The first-order valence-electron chi connectivity index (χ1n) is 5.90. The SMILES string of the molecule is CCC(C)OCc1csc(CNC(C)C)n1. The van der Waals surface area contributed by atoms with Gasteiger partial charge in [0.1, 0.15) is 5.01 Å². The van der Waals surface area contributed by atoms with Gasteiger partial charge >= 0.3 is 0 Å². The van der Waals surface area contributed by atoms with Gasteiger partial charge in [-0.05, 0) is 13.3 Å². The van der Waals surface area contributed by atoms with E-state index in [1.54, 1.807) is 11.3 Å². The molecule has 1 N–H and O–H groups in total. The zero-order valence-corrected chi connectivity index (χ0v) is 11.4. The van der Waals surface area contributed by atoms with Crippen LogP contribution in [0.2, 0.25) is 0 Å². The van der Waals surface area contributed by atoms with Crippen molar-refractivity contribution in [1.29, 1.82) is 0 Å². The first kappa shape index (κ1) is 13.6. The van der Waals surface area contributed by atoms with Crippen LogP contribution in [0.4, 0.5) is 0 Å². The number of ether oxygens (including phenoxy) is 1. The van der Waals surface area contributed by atoms with Crippen LogP contribution in [-0.4, -0.2) is 17.1 Å². The van der Waals surface area contributed by atoms with E-state index in [2.05, 4.69) is 43.4 Å². The summed E-state index contributed by atoms with van der Waals surface area (Å²) in [7, 11) is 0. The monoisotopic (exact) mass is 242 g/mol. The third-order valence-electron chi connectivity index (χ3n) is 2.35. The Kier molecular flexibility index (Phi) is 5.95. The zero-order chi connectivity index (χ0) is 12.0. The van der Waals surface area contributed by atoms with Crippen molar-refractivity contribution in [3.8, 4) is 0 Å². The Morgan fingerprint density at radius 2 is 2.19 bits per heavy atom. The van der Waals surface area contributed by atoms with Crippen LogP contribution in [-0.2, 0) is 17.9 Å². The number of hydrogen-bond donors (Lipinski definition) is 1. The molecule has 16 heavy (non-hydrogen) atoms. The Morgan fingerprint density at radius 1 is 1.44 bits per heavy atom. The lowest BCUT2D eigenvalue weighted by molar-refractivity contribution is 0.0491. The highest BCUT2D eigenvalue weighted by Crippen LogP contribution is 2.12. The van der Waals surface area contributed by atoms with E-state index >= 15 is 0 Å². The molecule has 1 aromatic rings. The lowest BCUT2D eigenvalue weighted by atomic mass is 10.3. The fraction of sp³-hybridized carbons (Fsp3) is 0.750. The van der Waals surface area contributed by atoms with Gasteiger partial charge in [0.05, 0.1) is 18.4 Å². The number of rotatable bonds is 7. The van der Waals surface area contributed by atoms with Gasteiger partial charge in [0.2, 0.25) is 0 Å². The smallest absolute Gasteiger partial charge is 0.107 e. The van der Waals surface area contributed by atoms with Crippen LogP contribution in [0.5, 0.6) is 0 Å². The Morgan fingerprint density at radius 3 is 2.81 bits per heavy atom. The van der Waals surface area contributed by atoms with Crippen LogP contribution >= 0.6 is 11.3 Å². The quantitative estimate of drug-likeness (QED) is 0.798. The molecule has 1 rings (SSSR count). The molecule has 0 aromatic carbocycles. The highest BCUT2D eigenvalue weighted by molar-refractivity contribution is 7.09. The van der Waals surface area contributed by atoms with Gasteiger partial charge in [-0.25, -0.2) is 4.98 Å². The lowest BCUT2D eigenvalue weighted by Gasteiger charge is -2.08. The van der Waals surface area contributed by atoms with Crippen LogP contribution in [0.25, 0.3) is 0 Å². The maximum absolute atomic E-state index is 5.64. The summed E-state index contributed by atoms with van der Waals surface area (Å²) < 4.78 is 5.64. The molecule has 0 aliphatic heterocycles. The van der Waals surface area contributed by atoms with Gasteiger partial charge in [0, 0.05) is 18.0 Å². The van der Waals surface area contributed by atoms with Crippen molar-refractivity contribution in [3.05, 3.63) is 16.1 Å². The molecule has 0 fully saturated rings. The van der Waals surface area contributed by atoms with E-state index < -0.39 is 0 Å². The third-order valence-corrected chi connectivity index (χ3v) is 3.25. The molecule has 1 atom stereocenters. The van der Waals surface area contributed by atoms with Crippen molar-refractivity contribution in [3.63, 3.8) is 0 Å². The molecular formula is C12H22N2OS. The Balaban J connectivity index is 2.33. The highest BCUT2D eigenvalue weighted by atomic mass is 32.1. The second kappa shape index (κ2) is 6.99. The van der Waals surface area contributed by atoms with Gasteiger partial charge in [-0.2, -0.15) is 0 Å². The van der Waals surface area contributed by atoms with E-state index in [0.717, 1.165) is 23.7 Å². The summed E-state index contributed by atoms with van der Waals surface area (Å²) in [6.45, 7) is 9.98. The summed E-state index contributed by atoms with van der Waals surface area (Å²) in [6.07, 6.45) is 1.37. The average molecular weight is 242 g/mol. The predicted octanol–water partition coefficient (Wildman–Crippen LogP) is 2.96. The van der Waals surface area contributed by atoms with Crippen LogP contribution in [0.3, 0.4) is 0 Å².